The van der Waals surface area contributed by atoms with Crippen LogP contribution in [0, 0.1) is 0 Å². The van der Waals surface area contributed by atoms with Gasteiger partial charge in [-0.05, 0) is 60.5 Å². The monoisotopic (exact) mass is 542 g/mol. The smallest absolute Gasteiger partial charge is 0.343 e. The van der Waals surface area contributed by atoms with Crippen LogP contribution in [0.25, 0.3) is 11.1 Å². The van der Waals surface area contributed by atoms with E-state index in [0.717, 1.165) is 15.6 Å². The molecule has 0 fully saturated rings. The second-order valence-corrected chi connectivity index (χ2v) is 8.74. The van der Waals surface area contributed by atoms with Crippen molar-refractivity contribution in [3.05, 3.63) is 119 Å². The largest absolute Gasteiger partial charge is 0.481 e. The van der Waals surface area contributed by atoms with Crippen LogP contribution in [0.5, 0.6) is 11.5 Å². The highest BCUT2D eigenvalue weighted by Gasteiger charge is 2.15. The summed E-state index contributed by atoms with van der Waals surface area (Å²) in [4.78, 5) is 24.9. The van der Waals surface area contributed by atoms with Gasteiger partial charge in [0.15, 0.2) is 6.10 Å². The zero-order chi connectivity index (χ0) is 25.3. The van der Waals surface area contributed by atoms with E-state index in [4.69, 9.17) is 9.47 Å². The Morgan fingerprint density at radius 1 is 0.861 bits per heavy atom. The molecule has 4 aromatic rings. The van der Waals surface area contributed by atoms with Crippen molar-refractivity contribution in [3.8, 4) is 22.6 Å². The number of carbonyl (C=O) groups excluding carboxylic acids is 2. The van der Waals surface area contributed by atoms with Gasteiger partial charge >= 0.3 is 5.97 Å². The molecule has 180 valence electrons. The summed E-state index contributed by atoms with van der Waals surface area (Å²) in [7, 11) is 0. The van der Waals surface area contributed by atoms with Crippen molar-refractivity contribution < 1.29 is 19.1 Å². The molecule has 0 aliphatic heterocycles. The van der Waals surface area contributed by atoms with Gasteiger partial charge in [-0.15, -0.1) is 0 Å². The Morgan fingerprint density at radius 2 is 1.50 bits per heavy atom. The molecular formula is C29H23BrN2O4. The van der Waals surface area contributed by atoms with Gasteiger partial charge in [0.1, 0.15) is 11.5 Å². The van der Waals surface area contributed by atoms with E-state index in [9.17, 15) is 9.59 Å². The van der Waals surface area contributed by atoms with E-state index < -0.39 is 18.0 Å². The average Bonchev–Trinajstić information content (AvgIpc) is 2.91. The lowest BCUT2D eigenvalue weighted by atomic mass is 10.1. The normalized spacial score (nSPS) is 11.6. The van der Waals surface area contributed by atoms with Gasteiger partial charge in [0.25, 0.3) is 5.91 Å². The first-order chi connectivity index (χ1) is 17.5. The molecule has 0 aliphatic rings. The minimum atomic E-state index is -0.775. The molecule has 0 radical (unpaired) electrons. The van der Waals surface area contributed by atoms with Crippen LogP contribution in [-0.4, -0.2) is 24.2 Å². The standard InChI is InChI=1S/C29H23BrN2O4/c1-20(35-26-15-12-22(13-16-26)21-8-4-2-5-9-21)28(33)32-31-19-24-18-25(30)14-17-27(24)36-29(34)23-10-6-3-7-11-23/h2-20H,1H3,(H,32,33)/b31-19+. The zero-order valence-corrected chi connectivity index (χ0v) is 21.0. The fraction of sp³-hybridized carbons (Fsp3) is 0.0690. The SMILES string of the molecule is CC(Oc1ccc(-c2ccccc2)cc1)C(=O)N/N=C/c1cc(Br)ccc1OC(=O)c1ccccc1. The second kappa shape index (κ2) is 12.0. The van der Waals surface area contributed by atoms with Crippen LogP contribution in [0.15, 0.2) is 113 Å². The summed E-state index contributed by atoms with van der Waals surface area (Å²) in [6.45, 7) is 1.64. The van der Waals surface area contributed by atoms with E-state index in [-0.39, 0.29) is 0 Å². The summed E-state index contributed by atoms with van der Waals surface area (Å²) in [5, 5.41) is 4.02. The van der Waals surface area contributed by atoms with E-state index in [1.807, 2.05) is 60.7 Å². The predicted molar refractivity (Wildman–Crippen MR) is 143 cm³/mol. The number of nitrogens with zero attached hydrogens (tertiary/aromatic N) is 1. The fourth-order valence-electron chi connectivity index (χ4n) is 3.32. The maximum atomic E-state index is 12.5. The van der Waals surface area contributed by atoms with Gasteiger partial charge in [-0.2, -0.15) is 5.10 Å². The van der Waals surface area contributed by atoms with Gasteiger partial charge in [0.05, 0.1) is 11.8 Å². The highest BCUT2D eigenvalue weighted by molar-refractivity contribution is 9.10. The lowest BCUT2D eigenvalue weighted by molar-refractivity contribution is -0.127. The molecule has 0 spiro atoms. The molecule has 0 saturated carbocycles. The first-order valence-electron chi connectivity index (χ1n) is 11.2. The number of hydrogen-bond acceptors (Lipinski definition) is 5. The summed E-state index contributed by atoms with van der Waals surface area (Å²) >= 11 is 3.40. The van der Waals surface area contributed by atoms with Crippen LogP contribution < -0.4 is 14.9 Å². The Bertz CT molecular complexity index is 1360. The van der Waals surface area contributed by atoms with Gasteiger partial charge in [-0.3, -0.25) is 4.79 Å². The molecule has 1 atom stereocenters. The van der Waals surface area contributed by atoms with Gasteiger partial charge in [0, 0.05) is 10.0 Å². The zero-order valence-electron chi connectivity index (χ0n) is 19.4. The molecule has 0 aromatic heterocycles. The third kappa shape index (κ3) is 6.67. The number of nitrogens with one attached hydrogen (secondary N) is 1. The van der Waals surface area contributed by atoms with E-state index in [1.165, 1.54) is 6.21 Å². The summed E-state index contributed by atoms with van der Waals surface area (Å²) in [5.74, 6) is -0.0237. The van der Waals surface area contributed by atoms with E-state index >= 15 is 0 Å². The molecule has 1 unspecified atom stereocenters. The molecule has 0 heterocycles. The Balaban J connectivity index is 1.36. The number of ether oxygens (including phenoxy) is 2. The van der Waals surface area contributed by atoms with Crippen LogP contribution in [0.2, 0.25) is 0 Å². The number of hydrogen-bond donors (Lipinski definition) is 1. The first kappa shape index (κ1) is 24.9. The fourth-order valence-corrected chi connectivity index (χ4v) is 3.70. The summed E-state index contributed by atoms with van der Waals surface area (Å²) in [6, 6.07) is 31.4. The molecular weight excluding hydrogens is 520 g/mol. The Kier molecular flexibility index (Phi) is 8.26. The molecule has 1 amide bonds. The molecule has 4 rings (SSSR count). The van der Waals surface area contributed by atoms with Crippen LogP contribution in [0.3, 0.4) is 0 Å². The number of amides is 1. The molecule has 7 heteroatoms. The third-order valence-electron chi connectivity index (χ3n) is 5.21. The summed E-state index contributed by atoms with van der Waals surface area (Å²) < 4.78 is 12.0. The van der Waals surface area contributed by atoms with Gasteiger partial charge in [-0.1, -0.05) is 76.6 Å². The van der Waals surface area contributed by atoms with E-state index in [0.29, 0.717) is 22.6 Å². The maximum absolute atomic E-state index is 12.5. The van der Waals surface area contributed by atoms with Crippen LogP contribution in [0.4, 0.5) is 0 Å². The minimum Gasteiger partial charge on any atom is -0.481 e. The number of rotatable bonds is 8. The lowest BCUT2D eigenvalue weighted by Gasteiger charge is -2.13. The Morgan fingerprint density at radius 3 is 2.19 bits per heavy atom. The average molecular weight is 543 g/mol. The molecule has 0 saturated heterocycles. The van der Waals surface area contributed by atoms with Crippen molar-refractivity contribution in [1.29, 1.82) is 0 Å². The topological polar surface area (TPSA) is 77.0 Å². The van der Waals surface area contributed by atoms with Crippen molar-refractivity contribution in [1.82, 2.24) is 5.43 Å². The summed E-state index contributed by atoms with van der Waals surface area (Å²) in [6.07, 6.45) is 0.639. The molecule has 36 heavy (non-hydrogen) atoms. The van der Waals surface area contributed by atoms with Gasteiger partial charge in [0.2, 0.25) is 0 Å². The van der Waals surface area contributed by atoms with Crippen molar-refractivity contribution in [2.75, 3.05) is 0 Å². The highest BCUT2D eigenvalue weighted by Crippen LogP contribution is 2.24. The predicted octanol–water partition coefficient (Wildman–Crippen LogP) is 6.25. The Hall–Kier alpha value is -4.23. The van der Waals surface area contributed by atoms with Crippen LogP contribution >= 0.6 is 15.9 Å². The molecule has 6 nitrogen and oxygen atoms in total. The molecule has 0 aliphatic carbocycles. The number of carbonyl (C=O) groups is 2. The van der Waals surface area contributed by atoms with E-state index in [1.54, 1.807) is 49.4 Å². The number of esters is 1. The maximum Gasteiger partial charge on any atom is 0.343 e. The van der Waals surface area contributed by atoms with Crippen molar-refractivity contribution >= 4 is 34.0 Å². The van der Waals surface area contributed by atoms with Gasteiger partial charge in [-0.25, -0.2) is 10.2 Å². The first-order valence-corrected chi connectivity index (χ1v) is 12.0. The van der Waals surface area contributed by atoms with Crippen LogP contribution in [-0.2, 0) is 4.79 Å². The molecule has 1 N–H and O–H groups in total. The number of hydrazone groups is 1. The highest BCUT2D eigenvalue weighted by atomic mass is 79.9. The van der Waals surface area contributed by atoms with Gasteiger partial charge < -0.3 is 9.47 Å². The molecule has 4 aromatic carbocycles. The quantitative estimate of drug-likeness (QED) is 0.123. The van der Waals surface area contributed by atoms with Crippen molar-refractivity contribution in [3.63, 3.8) is 0 Å². The lowest BCUT2D eigenvalue weighted by Crippen LogP contribution is -2.33. The van der Waals surface area contributed by atoms with Crippen LogP contribution in [0.1, 0.15) is 22.8 Å². The minimum absolute atomic E-state index is 0.313. The number of halogens is 1. The summed E-state index contributed by atoms with van der Waals surface area (Å²) in [5.41, 5.74) is 5.57. The number of benzene rings is 4. The second-order valence-electron chi connectivity index (χ2n) is 7.82. The molecule has 0 bridgehead atoms. The van der Waals surface area contributed by atoms with Crippen molar-refractivity contribution in [2.45, 2.75) is 13.0 Å². The Labute approximate surface area is 217 Å². The van der Waals surface area contributed by atoms with Crippen molar-refractivity contribution in [2.24, 2.45) is 5.10 Å². The third-order valence-corrected chi connectivity index (χ3v) is 5.70. The van der Waals surface area contributed by atoms with E-state index in [2.05, 4.69) is 26.5 Å².